The summed E-state index contributed by atoms with van der Waals surface area (Å²) in [7, 11) is 0. The molecule has 1 saturated carbocycles. The Morgan fingerprint density at radius 2 is 1.56 bits per heavy atom. The smallest absolute Gasteiger partial charge is 0.251 e. The molecule has 8 nitrogen and oxygen atoms in total. The number of aromatic nitrogens is 4. The lowest BCUT2D eigenvalue weighted by Crippen LogP contribution is -2.47. The number of nitrogens with zero attached hydrogens (tertiary/aromatic N) is 5. The van der Waals surface area contributed by atoms with Crippen molar-refractivity contribution in [3.05, 3.63) is 95.8 Å². The van der Waals surface area contributed by atoms with Gasteiger partial charge in [0.2, 0.25) is 11.7 Å². The summed E-state index contributed by atoms with van der Waals surface area (Å²) in [6.45, 7) is -0.451. The minimum absolute atomic E-state index is 0.0108. The van der Waals surface area contributed by atoms with Crippen LogP contribution in [0.3, 0.4) is 0 Å². The molecule has 4 aromatic rings. The molecule has 3 aromatic carbocycles. The molecule has 0 radical (unpaired) electrons. The molecule has 1 aliphatic rings. The van der Waals surface area contributed by atoms with E-state index >= 15 is 0 Å². The van der Waals surface area contributed by atoms with Crippen LogP contribution in [-0.4, -0.2) is 38.1 Å². The summed E-state index contributed by atoms with van der Waals surface area (Å²) in [5, 5.41) is 14.9. The van der Waals surface area contributed by atoms with Gasteiger partial charge in [-0.05, 0) is 72.1 Å². The van der Waals surface area contributed by atoms with Crippen LogP contribution < -0.4 is 10.2 Å². The molecule has 5 rings (SSSR count). The van der Waals surface area contributed by atoms with Crippen molar-refractivity contribution in [2.45, 2.75) is 44.3 Å². The SMILES string of the molecule is O=C(NC1CCCC1)C(c1ccc(F)cc1)N(C(=O)Cn1nnc(-c2ccccc2F)n1)c1ccc(F)cc1. The number of amides is 2. The lowest BCUT2D eigenvalue weighted by atomic mass is 10.0. The van der Waals surface area contributed by atoms with Gasteiger partial charge >= 0.3 is 0 Å². The topological polar surface area (TPSA) is 93.0 Å². The second-order valence-electron chi connectivity index (χ2n) is 9.31. The Labute approximate surface area is 222 Å². The maximum atomic E-state index is 14.2. The number of carbonyl (C=O) groups is 2. The number of benzene rings is 3. The van der Waals surface area contributed by atoms with Crippen LogP contribution in [0.15, 0.2) is 72.8 Å². The molecule has 1 unspecified atom stereocenters. The van der Waals surface area contributed by atoms with Crippen LogP contribution in [0.25, 0.3) is 11.4 Å². The maximum Gasteiger partial charge on any atom is 0.251 e. The summed E-state index contributed by atoms with van der Waals surface area (Å²) < 4.78 is 41.8. The molecule has 11 heteroatoms. The molecular weight excluding hydrogens is 509 g/mol. The molecule has 2 amide bonds. The molecule has 0 saturated heterocycles. The summed E-state index contributed by atoms with van der Waals surface area (Å²) in [5.41, 5.74) is 0.724. The third-order valence-corrected chi connectivity index (χ3v) is 6.61. The van der Waals surface area contributed by atoms with Gasteiger partial charge in [0.05, 0.1) is 5.56 Å². The minimum atomic E-state index is -1.20. The third kappa shape index (κ3) is 5.97. The third-order valence-electron chi connectivity index (χ3n) is 6.61. The first-order valence-electron chi connectivity index (χ1n) is 12.6. The molecule has 39 heavy (non-hydrogen) atoms. The Hall–Kier alpha value is -4.54. The van der Waals surface area contributed by atoms with Crippen LogP contribution in [-0.2, 0) is 16.1 Å². The molecule has 0 spiro atoms. The van der Waals surface area contributed by atoms with Gasteiger partial charge in [0.1, 0.15) is 30.0 Å². The van der Waals surface area contributed by atoms with Crippen molar-refractivity contribution >= 4 is 17.5 Å². The number of rotatable bonds is 8. The van der Waals surface area contributed by atoms with Crippen LogP contribution in [0.5, 0.6) is 0 Å². The Balaban J connectivity index is 1.51. The van der Waals surface area contributed by atoms with Gasteiger partial charge in [0.25, 0.3) is 5.91 Å². The van der Waals surface area contributed by atoms with Crippen molar-refractivity contribution < 1.29 is 22.8 Å². The Morgan fingerprint density at radius 1 is 0.923 bits per heavy atom. The van der Waals surface area contributed by atoms with E-state index in [9.17, 15) is 22.8 Å². The fourth-order valence-corrected chi connectivity index (χ4v) is 4.71. The normalized spacial score (nSPS) is 14.2. The first-order valence-corrected chi connectivity index (χ1v) is 12.6. The standard InChI is InChI=1S/C28H25F3N6O2/c29-19-11-9-18(10-12-19)26(28(39)32-21-5-1-2-6-21)37(22-15-13-20(30)14-16-22)25(38)17-36-34-27(33-35-36)23-7-3-4-8-24(23)31/h3-4,7-16,21,26H,1-2,5-6,17H2,(H,32,39). The largest absolute Gasteiger partial charge is 0.351 e. The molecule has 1 fully saturated rings. The molecule has 1 heterocycles. The molecule has 1 aliphatic carbocycles. The zero-order valence-corrected chi connectivity index (χ0v) is 20.8. The second-order valence-corrected chi connectivity index (χ2v) is 9.31. The molecular formula is C28H25F3N6O2. The molecule has 1 aromatic heterocycles. The summed E-state index contributed by atoms with van der Waals surface area (Å²) in [6.07, 6.45) is 3.59. The highest BCUT2D eigenvalue weighted by Crippen LogP contribution is 2.30. The van der Waals surface area contributed by atoms with Crippen molar-refractivity contribution in [2.24, 2.45) is 0 Å². The van der Waals surface area contributed by atoms with Crippen molar-refractivity contribution in [1.82, 2.24) is 25.5 Å². The number of carbonyl (C=O) groups excluding carboxylic acids is 2. The average Bonchev–Trinajstić information content (AvgIpc) is 3.61. The van der Waals surface area contributed by atoms with Gasteiger partial charge in [-0.2, -0.15) is 4.80 Å². The number of halogens is 3. The van der Waals surface area contributed by atoms with E-state index in [-0.39, 0.29) is 23.1 Å². The molecule has 0 aliphatic heterocycles. The summed E-state index contributed by atoms with van der Waals surface area (Å²) in [5.74, 6) is -2.65. The highest BCUT2D eigenvalue weighted by atomic mass is 19.1. The van der Waals surface area contributed by atoms with E-state index in [1.807, 2.05) is 0 Å². The number of hydrogen-bond donors (Lipinski definition) is 1. The fraction of sp³-hybridized carbons (Fsp3) is 0.250. The van der Waals surface area contributed by atoms with Crippen LogP contribution in [0.2, 0.25) is 0 Å². The van der Waals surface area contributed by atoms with Gasteiger partial charge in [-0.3, -0.25) is 14.5 Å². The van der Waals surface area contributed by atoms with E-state index < -0.39 is 41.9 Å². The first kappa shape index (κ1) is 26.1. The maximum absolute atomic E-state index is 14.2. The van der Waals surface area contributed by atoms with Gasteiger partial charge in [-0.25, -0.2) is 13.2 Å². The van der Waals surface area contributed by atoms with Gasteiger partial charge in [-0.1, -0.05) is 37.1 Å². The zero-order chi connectivity index (χ0) is 27.4. The quantitative estimate of drug-likeness (QED) is 0.357. The fourth-order valence-electron chi connectivity index (χ4n) is 4.71. The summed E-state index contributed by atoms with van der Waals surface area (Å²) >= 11 is 0. The average molecular weight is 535 g/mol. The number of anilines is 1. The second kappa shape index (κ2) is 11.5. The van der Waals surface area contributed by atoms with Crippen molar-refractivity contribution in [3.8, 4) is 11.4 Å². The van der Waals surface area contributed by atoms with E-state index in [1.54, 1.807) is 6.07 Å². The zero-order valence-electron chi connectivity index (χ0n) is 20.8. The monoisotopic (exact) mass is 534 g/mol. The number of nitrogens with one attached hydrogen (secondary N) is 1. The first-order chi connectivity index (χ1) is 18.9. The van der Waals surface area contributed by atoms with Gasteiger partial charge in [0.15, 0.2) is 0 Å². The summed E-state index contributed by atoms with van der Waals surface area (Å²) in [4.78, 5) is 29.7. The van der Waals surface area contributed by atoms with Gasteiger partial charge in [0, 0.05) is 11.7 Å². The predicted molar refractivity (Wildman–Crippen MR) is 137 cm³/mol. The van der Waals surface area contributed by atoms with Crippen molar-refractivity contribution in [1.29, 1.82) is 0 Å². The Bertz CT molecular complexity index is 1450. The van der Waals surface area contributed by atoms with Crippen LogP contribution in [0, 0.1) is 17.5 Å². The Kier molecular flexibility index (Phi) is 7.67. The van der Waals surface area contributed by atoms with Crippen LogP contribution in [0.4, 0.5) is 18.9 Å². The van der Waals surface area contributed by atoms with Crippen LogP contribution >= 0.6 is 0 Å². The predicted octanol–water partition coefficient (Wildman–Crippen LogP) is 4.59. The van der Waals surface area contributed by atoms with E-state index in [4.69, 9.17) is 0 Å². The lowest BCUT2D eigenvalue weighted by Gasteiger charge is -2.32. The number of hydrogen-bond acceptors (Lipinski definition) is 5. The Morgan fingerprint density at radius 3 is 2.23 bits per heavy atom. The van der Waals surface area contributed by atoms with Gasteiger partial charge in [-0.15, -0.1) is 10.2 Å². The van der Waals surface area contributed by atoms with Crippen molar-refractivity contribution in [3.63, 3.8) is 0 Å². The molecule has 1 atom stereocenters. The highest BCUT2D eigenvalue weighted by molar-refractivity contribution is 6.01. The van der Waals surface area contributed by atoms with E-state index in [1.165, 1.54) is 71.6 Å². The van der Waals surface area contributed by atoms with E-state index in [2.05, 4.69) is 20.7 Å². The van der Waals surface area contributed by atoms with E-state index in [0.717, 1.165) is 30.5 Å². The molecule has 0 bridgehead atoms. The minimum Gasteiger partial charge on any atom is -0.351 e. The number of tetrazole rings is 1. The van der Waals surface area contributed by atoms with Crippen molar-refractivity contribution in [2.75, 3.05) is 4.90 Å². The van der Waals surface area contributed by atoms with Gasteiger partial charge < -0.3 is 5.32 Å². The summed E-state index contributed by atoms with van der Waals surface area (Å²) in [6, 6.07) is 15.0. The lowest BCUT2D eigenvalue weighted by molar-refractivity contribution is -0.127. The van der Waals surface area contributed by atoms with E-state index in [0.29, 0.717) is 5.56 Å². The molecule has 1 N–H and O–H groups in total. The highest BCUT2D eigenvalue weighted by Gasteiger charge is 2.35. The van der Waals surface area contributed by atoms with Crippen LogP contribution in [0.1, 0.15) is 37.3 Å². The molecule has 200 valence electrons.